The summed E-state index contributed by atoms with van der Waals surface area (Å²) in [5.41, 5.74) is 1.07. The molecule has 1 unspecified atom stereocenters. The molecule has 0 aliphatic carbocycles. The zero-order valence-electron chi connectivity index (χ0n) is 13.0. The molecule has 1 amide bonds. The minimum Gasteiger partial charge on any atom is -0.481 e. The Kier molecular flexibility index (Phi) is 5.90. The summed E-state index contributed by atoms with van der Waals surface area (Å²) in [7, 11) is 1.59. The maximum absolute atomic E-state index is 12.3. The molecule has 0 saturated heterocycles. The first-order valence-electron chi connectivity index (χ1n) is 6.84. The van der Waals surface area contributed by atoms with Gasteiger partial charge in [-0.25, -0.2) is 0 Å². The number of hydrogen-bond acceptors (Lipinski definition) is 3. The van der Waals surface area contributed by atoms with E-state index in [1.807, 2.05) is 26.8 Å². The van der Waals surface area contributed by atoms with Gasteiger partial charge >= 0.3 is 5.97 Å². The quantitative estimate of drug-likeness (QED) is 0.844. The first-order chi connectivity index (χ1) is 9.74. The molecule has 116 valence electrons. The van der Waals surface area contributed by atoms with Gasteiger partial charge in [-0.15, -0.1) is 0 Å². The van der Waals surface area contributed by atoms with Crippen molar-refractivity contribution in [3.05, 3.63) is 35.4 Å². The van der Waals surface area contributed by atoms with Crippen LogP contribution < -0.4 is 5.32 Å². The molecule has 2 N–H and O–H groups in total. The van der Waals surface area contributed by atoms with Gasteiger partial charge in [0, 0.05) is 18.7 Å². The second-order valence-corrected chi connectivity index (χ2v) is 6.12. The van der Waals surface area contributed by atoms with E-state index in [0.29, 0.717) is 12.2 Å². The molecule has 0 spiro atoms. The van der Waals surface area contributed by atoms with Gasteiger partial charge in [-0.3, -0.25) is 9.59 Å². The number of ether oxygens (including phenoxy) is 1. The van der Waals surface area contributed by atoms with Gasteiger partial charge in [0.2, 0.25) is 0 Å². The SMILES string of the molecule is COCc1cccc(C(=O)NC(CC(=O)O)C(C)(C)C)c1. The number of nitrogens with one attached hydrogen (secondary N) is 1. The zero-order chi connectivity index (χ0) is 16.0. The Morgan fingerprint density at radius 2 is 2.00 bits per heavy atom. The first-order valence-corrected chi connectivity index (χ1v) is 6.84. The van der Waals surface area contributed by atoms with Crippen molar-refractivity contribution in [3.8, 4) is 0 Å². The van der Waals surface area contributed by atoms with Gasteiger partial charge in [0.05, 0.1) is 13.0 Å². The molecule has 1 rings (SSSR count). The fourth-order valence-electron chi connectivity index (χ4n) is 1.96. The van der Waals surface area contributed by atoms with E-state index in [4.69, 9.17) is 9.84 Å². The molecule has 0 fully saturated rings. The summed E-state index contributed by atoms with van der Waals surface area (Å²) in [5.74, 6) is -1.20. The van der Waals surface area contributed by atoms with E-state index in [-0.39, 0.29) is 17.7 Å². The third kappa shape index (κ3) is 5.55. The highest BCUT2D eigenvalue weighted by Crippen LogP contribution is 2.22. The molecule has 1 aromatic carbocycles. The Labute approximate surface area is 125 Å². The number of methoxy groups -OCH3 is 1. The van der Waals surface area contributed by atoms with Gasteiger partial charge in [0.1, 0.15) is 0 Å². The van der Waals surface area contributed by atoms with Crippen LogP contribution in [0.4, 0.5) is 0 Å². The van der Waals surface area contributed by atoms with Gasteiger partial charge in [-0.2, -0.15) is 0 Å². The van der Waals surface area contributed by atoms with Crippen LogP contribution in [0, 0.1) is 5.41 Å². The van der Waals surface area contributed by atoms with Crippen LogP contribution in [0.2, 0.25) is 0 Å². The second-order valence-electron chi connectivity index (χ2n) is 6.12. The monoisotopic (exact) mass is 293 g/mol. The minimum absolute atomic E-state index is 0.104. The van der Waals surface area contributed by atoms with Gasteiger partial charge in [-0.05, 0) is 23.1 Å². The van der Waals surface area contributed by atoms with Crippen LogP contribution in [-0.4, -0.2) is 30.1 Å². The summed E-state index contributed by atoms with van der Waals surface area (Å²) < 4.78 is 5.04. The van der Waals surface area contributed by atoms with Crippen molar-refractivity contribution in [2.45, 2.75) is 39.8 Å². The molecule has 0 aliphatic rings. The fourth-order valence-corrected chi connectivity index (χ4v) is 1.96. The van der Waals surface area contributed by atoms with E-state index < -0.39 is 12.0 Å². The van der Waals surface area contributed by atoms with Crippen molar-refractivity contribution in [1.29, 1.82) is 0 Å². The maximum atomic E-state index is 12.3. The van der Waals surface area contributed by atoms with Gasteiger partial charge in [-0.1, -0.05) is 32.9 Å². The Balaban J connectivity index is 2.86. The average molecular weight is 293 g/mol. The second kappa shape index (κ2) is 7.22. The highest BCUT2D eigenvalue weighted by molar-refractivity contribution is 5.94. The Hall–Kier alpha value is -1.88. The van der Waals surface area contributed by atoms with Crippen molar-refractivity contribution in [1.82, 2.24) is 5.32 Å². The molecule has 0 bridgehead atoms. The van der Waals surface area contributed by atoms with Crippen LogP contribution in [-0.2, 0) is 16.1 Å². The summed E-state index contributed by atoms with van der Waals surface area (Å²) in [5, 5.41) is 11.8. The Morgan fingerprint density at radius 1 is 1.33 bits per heavy atom. The highest BCUT2D eigenvalue weighted by atomic mass is 16.5. The van der Waals surface area contributed by atoms with Gasteiger partial charge in [0.15, 0.2) is 0 Å². The van der Waals surface area contributed by atoms with Crippen molar-refractivity contribution in [2.75, 3.05) is 7.11 Å². The van der Waals surface area contributed by atoms with Gasteiger partial charge < -0.3 is 15.2 Å². The third-order valence-electron chi connectivity index (χ3n) is 3.23. The Morgan fingerprint density at radius 3 is 2.52 bits per heavy atom. The van der Waals surface area contributed by atoms with E-state index in [0.717, 1.165) is 5.56 Å². The van der Waals surface area contributed by atoms with Gasteiger partial charge in [0.25, 0.3) is 5.91 Å². The molecule has 5 nitrogen and oxygen atoms in total. The number of carboxylic acids is 1. The summed E-state index contributed by atoms with van der Waals surface area (Å²) in [6, 6.07) is 6.67. The number of carboxylic acid groups (broad SMARTS) is 1. The van der Waals surface area contributed by atoms with E-state index in [2.05, 4.69) is 5.32 Å². The van der Waals surface area contributed by atoms with Crippen molar-refractivity contribution in [3.63, 3.8) is 0 Å². The number of benzene rings is 1. The molecule has 0 aromatic heterocycles. The molecule has 21 heavy (non-hydrogen) atoms. The fraction of sp³-hybridized carbons (Fsp3) is 0.500. The Bertz CT molecular complexity index is 505. The number of carbonyl (C=O) groups is 2. The van der Waals surface area contributed by atoms with Crippen LogP contribution >= 0.6 is 0 Å². The molecule has 1 aromatic rings. The van der Waals surface area contributed by atoms with Crippen LogP contribution in [0.25, 0.3) is 0 Å². The van der Waals surface area contributed by atoms with Crippen LogP contribution in [0.5, 0.6) is 0 Å². The minimum atomic E-state index is -0.927. The third-order valence-corrected chi connectivity index (χ3v) is 3.23. The number of rotatable bonds is 6. The van der Waals surface area contributed by atoms with Crippen molar-refractivity contribution in [2.24, 2.45) is 5.41 Å². The lowest BCUT2D eigenvalue weighted by atomic mass is 9.84. The average Bonchev–Trinajstić information content (AvgIpc) is 2.37. The normalized spacial score (nSPS) is 12.8. The predicted molar refractivity (Wildman–Crippen MR) is 80.1 cm³/mol. The molecule has 0 heterocycles. The zero-order valence-corrected chi connectivity index (χ0v) is 13.0. The number of aliphatic carboxylic acids is 1. The summed E-state index contributed by atoms with van der Waals surface area (Å²) in [4.78, 5) is 23.2. The molecular weight excluding hydrogens is 270 g/mol. The number of carbonyl (C=O) groups excluding carboxylic acids is 1. The lowest BCUT2D eigenvalue weighted by Crippen LogP contribution is -2.45. The van der Waals surface area contributed by atoms with Crippen LogP contribution in [0.3, 0.4) is 0 Å². The standard InChI is InChI=1S/C16H23NO4/c1-16(2,3)13(9-14(18)19)17-15(20)12-7-5-6-11(8-12)10-21-4/h5-8,13H,9-10H2,1-4H3,(H,17,20)(H,18,19). The molecule has 0 radical (unpaired) electrons. The highest BCUT2D eigenvalue weighted by Gasteiger charge is 2.28. The lowest BCUT2D eigenvalue weighted by molar-refractivity contribution is -0.138. The van der Waals surface area contributed by atoms with E-state index in [9.17, 15) is 9.59 Å². The smallest absolute Gasteiger partial charge is 0.305 e. The molecule has 0 aliphatic heterocycles. The molecular formula is C16H23NO4. The summed E-state index contributed by atoms with van der Waals surface area (Å²) in [6.07, 6.45) is -0.104. The van der Waals surface area contributed by atoms with E-state index in [1.54, 1.807) is 25.3 Å². The van der Waals surface area contributed by atoms with E-state index >= 15 is 0 Å². The topological polar surface area (TPSA) is 75.6 Å². The van der Waals surface area contributed by atoms with Crippen molar-refractivity contribution >= 4 is 11.9 Å². The summed E-state index contributed by atoms with van der Waals surface area (Å²) >= 11 is 0. The first kappa shape index (κ1) is 17.2. The molecule has 1 atom stereocenters. The van der Waals surface area contributed by atoms with Crippen molar-refractivity contribution < 1.29 is 19.4 Å². The number of hydrogen-bond donors (Lipinski definition) is 2. The number of amides is 1. The maximum Gasteiger partial charge on any atom is 0.305 e. The molecule has 5 heteroatoms. The summed E-state index contributed by atoms with van der Waals surface area (Å²) in [6.45, 7) is 6.14. The predicted octanol–water partition coefficient (Wildman–Crippen LogP) is 2.45. The van der Waals surface area contributed by atoms with Crippen LogP contribution in [0.15, 0.2) is 24.3 Å². The lowest BCUT2D eigenvalue weighted by Gasteiger charge is -2.30. The largest absolute Gasteiger partial charge is 0.481 e. The molecule has 0 saturated carbocycles. The van der Waals surface area contributed by atoms with Crippen LogP contribution in [0.1, 0.15) is 43.1 Å². The van der Waals surface area contributed by atoms with E-state index in [1.165, 1.54) is 0 Å².